The molecule has 0 bridgehead atoms. The summed E-state index contributed by atoms with van der Waals surface area (Å²) >= 11 is 0. The molecule has 0 saturated carbocycles. The number of likely N-dealkylation sites (tertiary alicyclic amines) is 1. The van der Waals surface area contributed by atoms with Crippen molar-refractivity contribution in [3.05, 3.63) is 64.8 Å². The number of hydrogen-bond donors (Lipinski definition) is 1. The average molecular weight is 397 g/mol. The van der Waals surface area contributed by atoms with Gasteiger partial charge in [0, 0.05) is 35.9 Å². The zero-order valence-electron chi connectivity index (χ0n) is 16.8. The van der Waals surface area contributed by atoms with Gasteiger partial charge in [0.1, 0.15) is 0 Å². The lowest BCUT2D eigenvalue weighted by atomic mass is 9.93. The minimum Gasteiger partial charge on any atom is -0.361 e. The van der Waals surface area contributed by atoms with Gasteiger partial charge in [-0.05, 0) is 73.7 Å². The van der Waals surface area contributed by atoms with Gasteiger partial charge < -0.3 is 4.98 Å². The SMILES string of the molecule is Cc1cc(C)c2[nH]ccc2c1CN1CCCC[C@@H]1c1ccc(S(C)(=O)=O)cc1. The van der Waals surface area contributed by atoms with Crippen LogP contribution in [-0.4, -0.2) is 31.1 Å². The molecular weight excluding hydrogens is 368 g/mol. The molecule has 0 spiro atoms. The van der Waals surface area contributed by atoms with Crippen LogP contribution in [0.4, 0.5) is 0 Å². The maximum absolute atomic E-state index is 11.8. The van der Waals surface area contributed by atoms with Crippen LogP contribution in [0.3, 0.4) is 0 Å². The van der Waals surface area contributed by atoms with E-state index in [-0.39, 0.29) is 0 Å². The van der Waals surface area contributed by atoms with Gasteiger partial charge in [-0.3, -0.25) is 4.90 Å². The van der Waals surface area contributed by atoms with E-state index in [9.17, 15) is 8.42 Å². The van der Waals surface area contributed by atoms with Crippen LogP contribution in [0.25, 0.3) is 10.9 Å². The predicted molar refractivity (Wildman–Crippen MR) is 114 cm³/mol. The van der Waals surface area contributed by atoms with Crippen LogP contribution in [0, 0.1) is 13.8 Å². The van der Waals surface area contributed by atoms with E-state index < -0.39 is 9.84 Å². The van der Waals surface area contributed by atoms with E-state index >= 15 is 0 Å². The van der Waals surface area contributed by atoms with E-state index in [2.05, 4.69) is 35.9 Å². The second-order valence-electron chi connectivity index (χ2n) is 8.08. The maximum Gasteiger partial charge on any atom is 0.175 e. The number of piperidine rings is 1. The summed E-state index contributed by atoms with van der Waals surface area (Å²) in [5.74, 6) is 0. The van der Waals surface area contributed by atoms with Crippen molar-refractivity contribution >= 4 is 20.7 Å². The molecule has 0 amide bonds. The van der Waals surface area contributed by atoms with E-state index in [1.54, 1.807) is 12.1 Å². The zero-order valence-corrected chi connectivity index (χ0v) is 17.6. The molecule has 1 aliphatic heterocycles. The van der Waals surface area contributed by atoms with Crippen molar-refractivity contribution in [1.82, 2.24) is 9.88 Å². The highest BCUT2D eigenvalue weighted by Crippen LogP contribution is 2.35. The Labute approximate surface area is 167 Å². The highest BCUT2D eigenvalue weighted by Gasteiger charge is 2.25. The molecule has 4 rings (SSSR count). The molecule has 5 heteroatoms. The molecular formula is C23H28N2O2S. The van der Waals surface area contributed by atoms with Crippen molar-refractivity contribution in [3.63, 3.8) is 0 Å². The fourth-order valence-electron chi connectivity index (χ4n) is 4.55. The number of sulfone groups is 1. The second kappa shape index (κ2) is 7.37. The molecule has 2 heterocycles. The lowest BCUT2D eigenvalue weighted by molar-refractivity contribution is 0.140. The van der Waals surface area contributed by atoms with Crippen LogP contribution < -0.4 is 0 Å². The molecule has 1 N–H and O–H groups in total. The lowest BCUT2D eigenvalue weighted by Gasteiger charge is -2.36. The van der Waals surface area contributed by atoms with Crippen LogP contribution in [0.15, 0.2) is 47.5 Å². The number of fused-ring (bicyclic) bond motifs is 1. The third-order valence-corrected chi connectivity index (χ3v) is 7.17. The topological polar surface area (TPSA) is 53.2 Å². The van der Waals surface area contributed by atoms with Gasteiger partial charge in [0.05, 0.1) is 4.90 Å². The van der Waals surface area contributed by atoms with Crippen molar-refractivity contribution in [1.29, 1.82) is 0 Å². The first-order valence-electron chi connectivity index (χ1n) is 9.95. The van der Waals surface area contributed by atoms with Crippen molar-refractivity contribution < 1.29 is 8.42 Å². The minimum absolute atomic E-state index is 0.331. The third-order valence-electron chi connectivity index (χ3n) is 6.04. The Kier molecular flexibility index (Phi) is 5.06. The van der Waals surface area contributed by atoms with E-state index in [4.69, 9.17) is 0 Å². The second-order valence-corrected chi connectivity index (χ2v) is 10.1. The van der Waals surface area contributed by atoms with E-state index in [1.807, 2.05) is 18.3 Å². The van der Waals surface area contributed by atoms with Crippen LogP contribution >= 0.6 is 0 Å². The molecule has 2 aromatic carbocycles. The average Bonchev–Trinajstić information content (AvgIpc) is 3.15. The molecule has 3 aromatic rings. The van der Waals surface area contributed by atoms with Crippen LogP contribution in [0.1, 0.15) is 47.6 Å². The van der Waals surface area contributed by atoms with Gasteiger partial charge in [-0.2, -0.15) is 0 Å². The minimum atomic E-state index is -3.16. The normalized spacial score (nSPS) is 18.6. The lowest BCUT2D eigenvalue weighted by Crippen LogP contribution is -2.33. The van der Waals surface area contributed by atoms with Gasteiger partial charge in [0.25, 0.3) is 0 Å². The number of nitrogens with one attached hydrogen (secondary N) is 1. The van der Waals surface area contributed by atoms with Crippen molar-refractivity contribution in [2.75, 3.05) is 12.8 Å². The van der Waals surface area contributed by atoms with Crippen molar-refractivity contribution in [3.8, 4) is 0 Å². The fourth-order valence-corrected chi connectivity index (χ4v) is 5.18. The molecule has 0 aliphatic carbocycles. The fraction of sp³-hybridized carbons (Fsp3) is 0.391. The molecule has 1 fully saturated rings. The van der Waals surface area contributed by atoms with Gasteiger partial charge in [-0.1, -0.05) is 24.6 Å². The molecule has 4 nitrogen and oxygen atoms in total. The van der Waals surface area contributed by atoms with Crippen molar-refractivity contribution in [2.45, 2.75) is 50.6 Å². The summed E-state index contributed by atoms with van der Waals surface area (Å²) in [7, 11) is -3.16. The standard InChI is InChI=1S/C23H28N2O2S/c1-16-14-17(2)23-20(11-12-24-23)21(16)15-25-13-5-4-6-22(25)18-7-9-19(10-8-18)28(3,26)27/h7-12,14,22,24H,4-6,13,15H2,1-3H3/t22-/m1/s1. The molecule has 0 unspecified atom stereocenters. The number of H-pyrrole nitrogens is 1. The van der Waals surface area contributed by atoms with Crippen LogP contribution in [0.2, 0.25) is 0 Å². The molecule has 1 saturated heterocycles. The first-order chi connectivity index (χ1) is 13.3. The van der Waals surface area contributed by atoms with Gasteiger partial charge in [-0.15, -0.1) is 0 Å². The molecule has 28 heavy (non-hydrogen) atoms. The Bertz CT molecular complexity index is 1100. The first kappa shape index (κ1) is 19.2. The summed E-state index contributed by atoms with van der Waals surface area (Å²) in [6.45, 7) is 6.34. The van der Waals surface area contributed by atoms with E-state index in [0.29, 0.717) is 10.9 Å². The number of benzene rings is 2. The maximum atomic E-state index is 11.8. The number of aromatic amines is 1. The summed E-state index contributed by atoms with van der Waals surface area (Å²) < 4.78 is 23.6. The number of hydrogen-bond acceptors (Lipinski definition) is 3. The van der Waals surface area contributed by atoms with Crippen LogP contribution in [0.5, 0.6) is 0 Å². The Morgan fingerprint density at radius 2 is 1.82 bits per heavy atom. The van der Waals surface area contributed by atoms with Gasteiger partial charge in [0.15, 0.2) is 9.84 Å². The zero-order chi connectivity index (χ0) is 19.9. The number of nitrogens with zero attached hydrogens (tertiary/aromatic N) is 1. The number of aryl methyl sites for hydroxylation is 2. The summed E-state index contributed by atoms with van der Waals surface area (Å²) in [4.78, 5) is 6.33. The predicted octanol–water partition coefficient (Wildman–Crippen LogP) is 4.92. The smallest absolute Gasteiger partial charge is 0.175 e. The first-order valence-corrected chi connectivity index (χ1v) is 11.8. The third kappa shape index (κ3) is 3.61. The Hall–Kier alpha value is -2.11. The summed E-state index contributed by atoms with van der Waals surface area (Å²) in [6, 6.07) is 12.3. The Balaban J connectivity index is 1.66. The van der Waals surface area contributed by atoms with Gasteiger partial charge in [-0.25, -0.2) is 8.42 Å². The quantitative estimate of drug-likeness (QED) is 0.681. The molecule has 1 aromatic heterocycles. The van der Waals surface area contributed by atoms with Crippen molar-refractivity contribution in [2.24, 2.45) is 0 Å². The highest BCUT2D eigenvalue weighted by atomic mass is 32.2. The van der Waals surface area contributed by atoms with Gasteiger partial charge in [0.2, 0.25) is 0 Å². The summed E-state index contributed by atoms with van der Waals surface area (Å²) in [6.07, 6.45) is 6.81. The van der Waals surface area contributed by atoms with E-state index in [1.165, 1.54) is 52.3 Å². The highest BCUT2D eigenvalue weighted by molar-refractivity contribution is 7.90. The monoisotopic (exact) mass is 396 g/mol. The molecule has 0 radical (unpaired) electrons. The molecule has 1 aliphatic rings. The largest absolute Gasteiger partial charge is 0.361 e. The van der Waals surface area contributed by atoms with Gasteiger partial charge >= 0.3 is 0 Å². The number of rotatable bonds is 4. The summed E-state index contributed by atoms with van der Waals surface area (Å²) in [5.41, 5.74) is 6.45. The molecule has 148 valence electrons. The summed E-state index contributed by atoms with van der Waals surface area (Å²) in [5, 5.41) is 1.31. The van der Waals surface area contributed by atoms with Crippen LogP contribution in [-0.2, 0) is 16.4 Å². The number of aromatic nitrogens is 1. The Morgan fingerprint density at radius 3 is 2.54 bits per heavy atom. The molecule has 1 atom stereocenters. The Morgan fingerprint density at radius 1 is 1.07 bits per heavy atom. The van der Waals surface area contributed by atoms with E-state index in [0.717, 1.165) is 19.5 Å².